The highest BCUT2D eigenvalue weighted by molar-refractivity contribution is 5.93. The van der Waals surface area contributed by atoms with E-state index in [0.717, 1.165) is 18.4 Å². The van der Waals surface area contributed by atoms with Crippen molar-refractivity contribution in [2.75, 3.05) is 13.1 Å². The zero-order valence-electron chi connectivity index (χ0n) is 15.3. The van der Waals surface area contributed by atoms with Crippen molar-refractivity contribution in [1.82, 2.24) is 14.7 Å². The minimum absolute atomic E-state index is 0.0270. The van der Waals surface area contributed by atoms with Crippen molar-refractivity contribution in [3.05, 3.63) is 76.7 Å². The summed E-state index contributed by atoms with van der Waals surface area (Å²) < 4.78 is 19.6. The molecular weight excluding hydrogens is 361 g/mol. The van der Waals surface area contributed by atoms with E-state index in [4.69, 9.17) is 4.42 Å². The first-order valence-electron chi connectivity index (χ1n) is 9.26. The molecule has 0 N–H and O–H groups in total. The Balaban J connectivity index is 1.42. The maximum Gasteiger partial charge on any atom is 0.266 e. The number of hydrogen-bond donors (Lipinski definition) is 0. The lowest BCUT2D eigenvalue weighted by Gasteiger charge is -2.31. The second-order valence-electron chi connectivity index (χ2n) is 6.99. The third-order valence-electron chi connectivity index (χ3n) is 5.11. The molecule has 0 atom stereocenters. The summed E-state index contributed by atoms with van der Waals surface area (Å²) in [5.41, 5.74) is 1.79. The lowest BCUT2D eigenvalue weighted by Crippen LogP contribution is -2.40. The molecule has 1 amide bonds. The lowest BCUT2D eigenvalue weighted by molar-refractivity contribution is 0.0680. The number of furan rings is 1. The number of carbonyl (C=O) groups excluding carboxylic acids is 1. The predicted molar refractivity (Wildman–Crippen MR) is 101 cm³/mol. The maximum atomic E-state index is 13.1. The first-order valence-corrected chi connectivity index (χ1v) is 9.26. The van der Waals surface area contributed by atoms with Gasteiger partial charge in [-0.15, -0.1) is 0 Å². The van der Waals surface area contributed by atoms with Gasteiger partial charge in [0, 0.05) is 31.3 Å². The summed E-state index contributed by atoms with van der Waals surface area (Å²) in [7, 11) is 0. The molecule has 1 fully saturated rings. The topological polar surface area (TPSA) is 68.3 Å². The molecule has 0 radical (unpaired) electrons. The van der Waals surface area contributed by atoms with E-state index in [9.17, 15) is 14.0 Å². The molecule has 0 spiro atoms. The number of piperidine rings is 1. The molecule has 0 bridgehead atoms. The third kappa shape index (κ3) is 3.88. The second-order valence-corrected chi connectivity index (χ2v) is 6.99. The van der Waals surface area contributed by atoms with Crippen LogP contribution in [0.25, 0.3) is 11.3 Å². The molecule has 0 unspecified atom stereocenters. The van der Waals surface area contributed by atoms with Gasteiger partial charge in [0.15, 0.2) is 0 Å². The van der Waals surface area contributed by atoms with Gasteiger partial charge in [0.1, 0.15) is 12.1 Å². The van der Waals surface area contributed by atoms with E-state index in [1.54, 1.807) is 24.3 Å². The molecule has 1 aliphatic heterocycles. The third-order valence-corrected chi connectivity index (χ3v) is 5.11. The van der Waals surface area contributed by atoms with Gasteiger partial charge in [-0.1, -0.05) is 0 Å². The molecule has 144 valence electrons. The molecule has 0 saturated carbocycles. The first-order chi connectivity index (χ1) is 13.6. The van der Waals surface area contributed by atoms with Crippen LogP contribution in [0.1, 0.15) is 23.2 Å². The van der Waals surface area contributed by atoms with Crippen LogP contribution in [0.4, 0.5) is 4.39 Å². The van der Waals surface area contributed by atoms with Crippen LogP contribution in [0.2, 0.25) is 0 Å². The van der Waals surface area contributed by atoms with Crippen LogP contribution in [0.5, 0.6) is 0 Å². The lowest BCUT2D eigenvalue weighted by atomic mass is 9.96. The fourth-order valence-electron chi connectivity index (χ4n) is 3.49. The van der Waals surface area contributed by atoms with E-state index in [1.165, 1.54) is 35.4 Å². The number of halogens is 1. The van der Waals surface area contributed by atoms with Crippen molar-refractivity contribution in [1.29, 1.82) is 0 Å². The summed E-state index contributed by atoms with van der Waals surface area (Å²) in [6.07, 6.45) is 4.56. The summed E-state index contributed by atoms with van der Waals surface area (Å²) in [5.74, 6) is -0.0725. The molecule has 28 heavy (non-hydrogen) atoms. The Morgan fingerprint density at radius 3 is 2.54 bits per heavy atom. The number of benzene rings is 1. The average molecular weight is 381 g/mol. The Hall–Kier alpha value is -3.22. The average Bonchev–Trinajstić information content (AvgIpc) is 3.25. The van der Waals surface area contributed by atoms with E-state index in [1.807, 2.05) is 4.90 Å². The molecule has 3 heterocycles. The normalized spacial score (nSPS) is 15.0. The highest BCUT2D eigenvalue weighted by atomic mass is 19.1. The Morgan fingerprint density at radius 1 is 1.11 bits per heavy atom. The van der Waals surface area contributed by atoms with Gasteiger partial charge in [-0.3, -0.25) is 9.59 Å². The SMILES string of the molecule is O=C(c1ccoc1)N1CCC(Cn2nc(-c3ccc(F)cc3)ccc2=O)CC1. The standard InChI is InChI=1S/C21H20FN3O3/c22-18-3-1-16(2-4-18)19-5-6-20(26)25(23-19)13-15-7-10-24(11-8-15)21(27)17-9-12-28-14-17/h1-6,9,12,14-15H,7-8,10-11,13H2. The fourth-order valence-corrected chi connectivity index (χ4v) is 3.49. The quantitative estimate of drug-likeness (QED) is 0.696. The molecule has 6 nitrogen and oxygen atoms in total. The summed E-state index contributed by atoms with van der Waals surface area (Å²) in [6, 6.07) is 10.8. The molecular formula is C21H20FN3O3. The maximum absolute atomic E-state index is 13.1. The van der Waals surface area contributed by atoms with E-state index >= 15 is 0 Å². The number of amides is 1. The van der Waals surface area contributed by atoms with Crippen LogP contribution in [-0.4, -0.2) is 33.7 Å². The minimum Gasteiger partial charge on any atom is -0.472 e. The van der Waals surface area contributed by atoms with Crippen LogP contribution in [0.3, 0.4) is 0 Å². The molecule has 0 aliphatic carbocycles. The number of hydrogen-bond acceptors (Lipinski definition) is 4. The van der Waals surface area contributed by atoms with Gasteiger partial charge in [0.2, 0.25) is 0 Å². The monoisotopic (exact) mass is 381 g/mol. The second kappa shape index (κ2) is 7.80. The number of carbonyl (C=O) groups is 1. The Bertz CT molecular complexity index is 1000. The van der Waals surface area contributed by atoms with Crippen LogP contribution in [-0.2, 0) is 6.54 Å². The van der Waals surface area contributed by atoms with Crippen molar-refractivity contribution < 1.29 is 13.6 Å². The van der Waals surface area contributed by atoms with E-state index in [-0.39, 0.29) is 23.2 Å². The molecule has 1 aromatic carbocycles. The van der Waals surface area contributed by atoms with E-state index in [0.29, 0.717) is 30.9 Å². The molecule has 1 aliphatic rings. The van der Waals surface area contributed by atoms with Crippen LogP contribution < -0.4 is 5.56 Å². The van der Waals surface area contributed by atoms with Gasteiger partial charge < -0.3 is 9.32 Å². The van der Waals surface area contributed by atoms with Crippen LogP contribution in [0, 0.1) is 11.7 Å². The summed E-state index contributed by atoms with van der Waals surface area (Å²) >= 11 is 0. The highest BCUT2D eigenvalue weighted by Crippen LogP contribution is 2.21. The van der Waals surface area contributed by atoms with E-state index in [2.05, 4.69) is 5.10 Å². The van der Waals surface area contributed by atoms with Gasteiger partial charge in [0.05, 0.1) is 17.5 Å². The number of aromatic nitrogens is 2. The number of likely N-dealkylation sites (tertiary alicyclic amines) is 1. The largest absolute Gasteiger partial charge is 0.472 e. The minimum atomic E-state index is -0.311. The molecule has 3 aromatic rings. The van der Waals surface area contributed by atoms with E-state index < -0.39 is 0 Å². The Labute approximate surface area is 161 Å². The molecule has 1 saturated heterocycles. The Kier molecular flexibility index (Phi) is 5.06. The molecule has 7 heteroatoms. The Morgan fingerprint density at radius 2 is 1.86 bits per heavy atom. The van der Waals surface area contributed by atoms with Crippen molar-refractivity contribution in [3.8, 4) is 11.3 Å². The fraction of sp³-hybridized carbons (Fsp3) is 0.286. The van der Waals surface area contributed by atoms with Crippen molar-refractivity contribution in [2.24, 2.45) is 5.92 Å². The van der Waals surface area contributed by atoms with Gasteiger partial charge >= 0.3 is 0 Å². The van der Waals surface area contributed by atoms with Crippen molar-refractivity contribution in [2.45, 2.75) is 19.4 Å². The predicted octanol–water partition coefficient (Wildman–Crippen LogP) is 3.19. The summed E-state index contributed by atoms with van der Waals surface area (Å²) in [6.45, 7) is 1.78. The first kappa shape index (κ1) is 18.2. The van der Waals surface area contributed by atoms with Gasteiger partial charge in [-0.05, 0) is 55.2 Å². The van der Waals surface area contributed by atoms with Crippen LogP contribution >= 0.6 is 0 Å². The van der Waals surface area contributed by atoms with Crippen molar-refractivity contribution in [3.63, 3.8) is 0 Å². The van der Waals surface area contributed by atoms with Gasteiger partial charge in [0.25, 0.3) is 11.5 Å². The van der Waals surface area contributed by atoms with Gasteiger partial charge in [-0.2, -0.15) is 5.10 Å². The summed E-state index contributed by atoms with van der Waals surface area (Å²) in [5, 5.41) is 4.45. The van der Waals surface area contributed by atoms with Crippen molar-refractivity contribution >= 4 is 5.91 Å². The molecule has 4 rings (SSSR count). The zero-order chi connectivity index (χ0) is 19.5. The number of nitrogens with zero attached hydrogens (tertiary/aromatic N) is 3. The molecule has 2 aromatic heterocycles. The van der Waals surface area contributed by atoms with Gasteiger partial charge in [-0.25, -0.2) is 9.07 Å². The highest BCUT2D eigenvalue weighted by Gasteiger charge is 2.24. The van der Waals surface area contributed by atoms with Crippen LogP contribution in [0.15, 0.2) is 64.2 Å². The zero-order valence-corrected chi connectivity index (χ0v) is 15.3. The summed E-state index contributed by atoms with van der Waals surface area (Å²) in [4.78, 5) is 26.4. The smallest absolute Gasteiger partial charge is 0.266 e. The number of rotatable bonds is 4.